The Labute approximate surface area is 83.5 Å². The standard InChI is InChI=1S/C12H26O/c1-4-7-8-11(5-2)9-10-12(13)6-3/h11-13H,4-10H2,1-3H3. The highest BCUT2D eigenvalue weighted by molar-refractivity contribution is 4.61. The third-order valence-electron chi connectivity index (χ3n) is 2.92. The van der Waals surface area contributed by atoms with Gasteiger partial charge in [-0.25, -0.2) is 0 Å². The summed E-state index contributed by atoms with van der Waals surface area (Å²) in [4.78, 5) is 0. The summed E-state index contributed by atoms with van der Waals surface area (Å²) in [6.07, 6.45) is 8.33. The van der Waals surface area contributed by atoms with Crippen LogP contribution in [0.15, 0.2) is 0 Å². The zero-order valence-corrected chi connectivity index (χ0v) is 9.55. The molecule has 1 nitrogen and oxygen atoms in total. The zero-order valence-electron chi connectivity index (χ0n) is 9.55. The van der Waals surface area contributed by atoms with Crippen LogP contribution in [0, 0.1) is 5.92 Å². The topological polar surface area (TPSA) is 20.2 Å². The molecule has 0 aliphatic rings. The lowest BCUT2D eigenvalue weighted by atomic mass is 9.93. The van der Waals surface area contributed by atoms with E-state index in [1.165, 1.54) is 32.1 Å². The van der Waals surface area contributed by atoms with Gasteiger partial charge in [-0.15, -0.1) is 0 Å². The second-order valence-electron chi connectivity index (χ2n) is 4.06. The van der Waals surface area contributed by atoms with Crippen molar-refractivity contribution in [1.29, 1.82) is 0 Å². The Morgan fingerprint density at radius 3 is 2.08 bits per heavy atom. The lowest BCUT2D eigenvalue weighted by Gasteiger charge is -2.15. The monoisotopic (exact) mass is 186 g/mol. The average Bonchev–Trinajstić information content (AvgIpc) is 2.17. The van der Waals surface area contributed by atoms with Gasteiger partial charge in [-0.2, -0.15) is 0 Å². The smallest absolute Gasteiger partial charge is 0.0537 e. The average molecular weight is 186 g/mol. The van der Waals surface area contributed by atoms with E-state index in [1.54, 1.807) is 0 Å². The third kappa shape index (κ3) is 7.06. The van der Waals surface area contributed by atoms with Crippen molar-refractivity contribution in [2.75, 3.05) is 0 Å². The number of aliphatic hydroxyl groups excluding tert-OH is 1. The lowest BCUT2D eigenvalue weighted by molar-refractivity contribution is 0.148. The Bertz CT molecular complexity index is 101. The summed E-state index contributed by atoms with van der Waals surface area (Å²) in [6, 6.07) is 0. The third-order valence-corrected chi connectivity index (χ3v) is 2.92. The van der Waals surface area contributed by atoms with Crippen molar-refractivity contribution in [3.05, 3.63) is 0 Å². The molecule has 0 amide bonds. The molecule has 0 fully saturated rings. The molecular weight excluding hydrogens is 160 g/mol. The summed E-state index contributed by atoms with van der Waals surface area (Å²) >= 11 is 0. The summed E-state index contributed by atoms with van der Waals surface area (Å²) in [5, 5.41) is 9.43. The van der Waals surface area contributed by atoms with Gasteiger partial charge in [0, 0.05) is 0 Å². The van der Waals surface area contributed by atoms with E-state index in [0.717, 1.165) is 18.8 Å². The van der Waals surface area contributed by atoms with Gasteiger partial charge in [0.15, 0.2) is 0 Å². The first-order valence-electron chi connectivity index (χ1n) is 5.92. The molecule has 0 bridgehead atoms. The van der Waals surface area contributed by atoms with E-state index in [9.17, 15) is 5.11 Å². The van der Waals surface area contributed by atoms with Crippen molar-refractivity contribution >= 4 is 0 Å². The van der Waals surface area contributed by atoms with Gasteiger partial charge in [0.1, 0.15) is 0 Å². The second-order valence-corrected chi connectivity index (χ2v) is 4.06. The van der Waals surface area contributed by atoms with Crippen molar-refractivity contribution in [3.63, 3.8) is 0 Å². The van der Waals surface area contributed by atoms with E-state index < -0.39 is 0 Å². The van der Waals surface area contributed by atoms with Crippen LogP contribution in [-0.2, 0) is 0 Å². The maximum atomic E-state index is 9.43. The quantitative estimate of drug-likeness (QED) is 0.612. The molecule has 13 heavy (non-hydrogen) atoms. The van der Waals surface area contributed by atoms with Crippen molar-refractivity contribution in [2.24, 2.45) is 5.92 Å². The molecule has 0 saturated heterocycles. The molecule has 0 radical (unpaired) electrons. The zero-order chi connectivity index (χ0) is 10.1. The van der Waals surface area contributed by atoms with E-state index in [2.05, 4.69) is 20.8 Å². The molecule has 0 aromatic rings. The highest BCUT2D eigenvalue weighted by Gasteiger charge is 2.08. The van der Waals surface area contributed by atoms with Gasteiger partial charge in [0.25, 0.3) is 0 Å². The van der Waals surface area contributed by atoms with E-state index in [0.29, 0.717) is 0 Å². The van der Waals surface area contributed by atoms with Gasteiger partial charge in [-0.05, 0) is 25.2 Å². The molecule has 0 rings (SSSR count). The highest BCUT2D eigenvalue weighted by atomic mass is 16.3. The summed E-state index contributed by atoms with van der Waals surface area (Å²) < 4.78 is 0. The van der Waals surface area contributed by atoms with Crippen LogP contribution in [0.2, 0.25) is 0 Å². The van der Waals surface area contributed by atoms with Crippen LogP contribution in [0.4, 0.5) is 0 Å². The Hall–Kier alpha value is -0.0400. The minimum Gasteiger partial charge on any atom is -0.393 e. The van der Waals surface area contributed by atoms with Crippen LogP contribution in [-0.4, -0.2) is 11.2 Å². The van der Waals surface area contributed by atoms with Crippen molar-refractivity contribution in [1.82, 2.24) is 0 Å². The van der Waals surface area contributed by atoms with Crippen LogP contribution in [0.25, 0.3) is 0 Å². The molecule has 0 aromatic carbocycles. The van der Waals surface area contributed by atoms with Crippen molar-refractivity contribution in [2.45, 2.75) is 71.8 Å². The van der Waals surface area contributed by atoms with Crippen LogP contribution in [0.3, 0.4) is 0 Å². The fourth-order valence-electron chi connectivity index (χ4n) is 1.68. The fraction of sp³-hybridized carbons (Fsp3) is 1.00. The summed E-state index contributed by atoms with van der Waals surface area (Å²) in [5.74, 6) is 0.848. The van der Waals surface area contributed by atoms with Gasteiger partial charge in [-0.3, -0.25) is 0 Å². The largest absolute Gasteiger partial charge is 0.393 e. The Kier molecular flexibility index (Phi) is 8.53. The molecule has 0 aliphatic carbocycles. The highest BCUT2D eigenvalue weighted by Crippen LogP contribution is 2.19. The van der Waals surface area contributed by atoms with Gasteiger partial charge in [0.05, 0.1) is 6.10 Å². The molecule has 0 heterocycles. The van der Waals surface area contributed by atoms with E-state index in [1.807, 2.05) is 0 Å². The molecule has 0 saturated carbocycles. The van der Waals surface area contributed by atoms with E-state index in [-0.39, 0.29) is 6.10 Å². The van der Waals surface area contributed by atoms with Crippen molar-refractivity contribution < 1.29 is 5.11 Å². The van der Waals surface area contributed by atoms with Gasteiger partial charge in [0.2, 0.25) is 0 Å². The Morgan fingerprint density at radius 2 is 1.62 bits per heavy atom. The summed E-state index contributed by atoms with van der Waals surface area (Å²) in [7, 11) is 0. The predicted molar refractivity (Wildman–Crippen MR) is 58.8 cm³/mol. The molecular formula is C12H26O. The SMILES string of the molecule is CCCCC(CC)CCC(O)CC. The number of hydrogen-bond acceptors (Lipinski definition) is 1. The van der Waals surface area contributed by atoms with Gasteiger partial charge in [-0.1, -0.05) is 46.5 Å². The number of rotatable bonds is 8. The predicted octanol–water partition coefficient (Wildman–Crippen LogP) is 3.75. The first kappa shape index (κ1) is 13.0. The number of hydrogen-bond donors (Lipinski definition) is 1. The maximum absolute atomic E-state index is 9.43. The van der Waals surface area contributed by atoms with Crippen LogP contribution >= 0.6 is 0 Å². The molecule has 0 spiro atoms. The lowest BCUT2D eigenvalue weighted by Crippen LogP contribution is -2.08. The maximum Gasteiger partial charge on any atom is 0.0537 e. The first-order chi connectivity index (χ1) is 6.24. The van der Waals surface area contributed by atoms with Crippen LogP contribution < -0.4 is 0 Å². The van der Waals surface area contributed by atoms with Crippen molar-refractivity contribution in [3.8, 4) is 0 Å². The molecule has 0 aromatic heterocycles. The molecule has 1 heteroatoms. The molecule has 2 unspecified atom stereocenters. The van der Waals surface area contributed by atoms with E-state index >= 15 is 0 Å². The first-order valence-corrected chi connectivity index (χ1v) is 5.92. The molecule has 80 valence electrons. The minimum atomic E-state index is -0.0596. The van der Waals surface area contributed by atoms with E-state index in [4.69, 9.17) is 0 Å². The Balaban J connectivity index is 3.46. The van der Waals surface area contributed by atoms with Gasteiger partial charge >= 0.3 is 0 Å². The number of aliphatic hydroxyl groups is 1. The molecule has 0 aliphatic heterocycles. The minimum absolute atomic E-state index is 0.0596. The fourth-order valence-corrected chi connectivity index (χ4v) is 1.68. The summed E-state index contributed by atoms with van der Waals surface area (Å²) in [5.41, 5.74) is 0. The molecule has 2 atom stereocenters. The van der Waals surface area contributed by atoms with Gasteiger partial charge < -0.3 is 5.11 Å². The second kappa shape index (κ2) is 8.55. The Morgan fingerprint density at radius 1 is 0.923 bits per heavy atom. The normalized spacial score (nSPS) is 15.7. The molecule has 1 N–H and O–H groups in total. The van der Waals surface area contributed by atoms with Crippen LogP contribution in [0.1, 0.15) is 65.7 Å². The summed E-state index contributed by atoms with van der Waals surface area (Å²) in [6.45, 7) is 6.56. The number of unbranched alkanes of at least 4 members (excludes halogenated alkanes) is 1. The van der Waals surface area contributed by atoms with Crippen LogP contribution in [0.5, 0.6) is 0 Å².